The smallest absolute Gasteiger partial charge is 0.242 e. The Morgan fingerprint density at radius 3 is 2.53 bits per heavy atom. The van der Waals surface area contributed by atoms with Crippen molar-refractivity contribution in [3.05, 3.63) is 28.7 Å². The van der Waals surface area contributed by atoms with Crippen molar-refractivity contribution in [1.82, 2.24) is 4.90 Å². The van der Waals surface area contributed by atoms with Gasteiger partial charge in [0.2, 0.25) is 5.91 Å². The van der Waals surface area contributed by atoms with Crippen LogP contribution in [0, 0.1) is 0 Å². The van der Waals surface area contributed by atoms with E-state index in [2.05, 4.69) is 15.9 Å². The molecule has 0 heterocycles. The molecule has 5 heteroatoms. The molecule has 106 valence electrons. The fraction of sp³-hybridized carbons (Fsp3) is 0.500. The highest BCUT2D eigenvalue weighted by Gasteiger charge is 2.28. The predicted molar refractivity (Wildman–Crippen MR) is 80.2 cm³/mol. The Kier molecular flexibility index (Phi) is 5.82. The van der Waals surface area contributed by atoms with Gasteiger partial charge >= 0.3 is 0 Å². The highest BCUT2D eigenvalue weighted by atomic mass is 79.9. The first-order valence-electron chi connectivity index (χ1n) is 6.29. The molecule has 1 atom stereocenters. The lowest BCUT2D eigenvalue weighted by molar-refractivity contribution is -0.135. The van der Waals surface area contributed by atoms with E-state index < -0.39 is 5.54 Å². The summed E-state index contributed by atoms with van der Waals surface area (Å²) in [6, 6.07) is 7.59. The number of rotatable bonds is 6. The summed E-state index contributed by atoms with van der Waals surface area (Å²) < 4.78 is 6.58. The van der Waals surface area contributed by atoms with Crippen LogP contribution in [-0.4, -0.2) is 36.5 Å². The first kappa shape index (κ1) is 16.0. The summed E-state index contributed by atoms with van der Waals surface area (Å²) in [5, 5.41) is 0. The third-order valence-corrected chi connectivity index (χ3v) is 3.61. The molecule has 0 saturated carbocycles. The first-order chi connectivity index (χ1) is 8.86. The zero-order valence-electron chi connectivity index (χ0n) is 11.6. The van der Waals surface area contributed by atoms with Gasteiger partial charge in [-0.25, -0.2) is 0 Å². The summed E-state index contributed by atoms with van der Waals surface area (Å²) in [6.45, 7) is 4.62. The molecule has 0 radical (unpaired) electrons. The van der Waals surface area contributed by atoms with Gasteiger partial charge in [0, 0.05) is 11.5 Å². The molecule has 0 saturated heterocycles. The highest BCUT2D eigenvalue weighted by Crippen LogP contribution is 2.16. The molecule has 0 aliphatic carbocycles. The van der Waals surface area contributed by atoms with E-state index in [4.69, 9.17) is 10.5 Å². The minimum Gasteiger partial charge on any atom is -0.492 e. The van der Waals surface area contributed by atoms with Gasteiger partial charge in [-0.2, -0.15) is 0 Å². The minimum absolute atomic E-state index is 0.0607. The minimum atomic E-state index is -0.799. The standard InChI is InChI=1S/C14H21BrN2O2/c1-4-14(2,16)13(18)17(3)9-10-19-12-7-5-11(15)6-8-12/h5-8H,4,9-10,16H2,1-3H3. The van der Waals surface area contributed by atoms with Crippen LogP contribution in [0.25, 0.3) is 0 Å². The second kappa shape index (κ2) is 6.91. The number of nitrogens with two attached hydrogens (primary N) is 1. The van der Waals surface area contributed by atoms with Crippen molar-refractivity contribution in [2.45, 2.75) is 25.8 Å². The second-order valence-electron chi connectivity index (χ2n) is 4.80. The van der Waals surface area contributed by atoms with Gasteiger partial charge in [0.25, 0.3) is 0 Å². The number of benzene rings is 1. The molecule has 1 aromatic rings. The largest absolute Gasteiger partial charge is 0.492 e. The molecular formula is C14H21BrN2O2. The number of nitrogens with zero attached hydrogens (tertiary/aromatic N) is 1. The molecule has 0 fully saturated rings. The molecule has 19 heavy (non-hydrogen) atoms. The highest BCUT2D eigenvalue weighted by molar-refractivity contribution is 9.10. The molecule has 0 aromatic heterocycles. The van der Waals surface area contributed by atoms with Gasteiger partial charge in [0.15, 0.2) is 0 Å². The van der Waals surface area contributed by atoms with Crippen LogP contribution in [0.3, 0.4) is 0 Å². The van der Waals surface area contributed by atoms with Crippen molar-refractivity contribution >= 4 is 21.8 Å². The van der Waals surface area contributed by atoms with Crippen molar-refractivity contribution in [3.8, 4) is 5.75 Å². The van der Waals surface area contributed by atoms with Crippen LogP contribution >= 0.6 is 15.9 Å². The number of hydrogen-bond donors (Lipinski definition) is 1. The topological polar surface area (TPSA) is 55.6 Å². The van der Waals surface area contributed by atoms with E-state index in [1.165, 1.54) is 0 Å². The molecule has 0 bridgehead atoms. The Hall–Kier alpha value is -1.07. The third-order valence-electron chi connectivity index (χ3n) is 3.08. The van der Waals surface area contributed by atoms with Crippen molar-refractivity contribution in [3.63, 3.8) is 0 Å². The summed E-state index contributed by atoms with van der Waals surface area (Å²) in [5.74, 6) is 0.726. The summed E-state index contributed by atoms with van der Waals surface area (Å²) >= 11 is 3.36. The Balaban J connectivity index is 2.40. The lowest BCUT2D eigenvalue weighted by Crippen LogP contribution is -2.52. The van der Waals surface area contributed by atoms with E-state index in [0.717, 1.165) is 10.2 Å². The van der Waals surface area contributed by atoms with E-state index in [9.17, 15) is 4.79 Å². The number of likely N-dealkylation sites (N-methyl/N-ethyl adjacent to an activating group) is 1. The summed E-state index contributed by atoms with van der Waals surface area (Å²) in [4.78, 5) is 13.6. The summed E-state index contributed by atoms with van der Waals surface area (Å²) in [7, 11) is 1.74. The fourth-order valence-electron chi connectivity index (χ4n) is 1.52. The fourth-order valence-corrected chi connectivity index (χ4v) is 1.78. The van der Waals surface area contributed by atoms with Crippen molar-refractivity contribution < 1.29 is 9.53 Å². The number of hydrogen-bond acceptors (Lipinski definition) is 3. The van der Waals surface area contributed by atoms with Crippen molar-refractivity contribution in [1.29, 1.82) is 0 Å². The SMILES string of the molecule is CCC(C)(N)C(=O)N(C)CCOc1ccc(Br)cc1. The van der Waals surface area contributed by atoms with Gasteiger partial charge in [-0.05, 0) is 37.6 Å². The molecule has 0 aliphatic heterocycles. The van der Waals surface area contributed by atoms with Gasteiger partial charge < -0.3 is 15.4 Å². The van der Waals surface area contributed by atoms with Crippen LogP contribution in [0.2, 0.25) is 0 Å². The number of amides is 1. The number of carbonyl (C=O) groups is 1. The van der Waals surface area contributed by atoms with Crippen LogP contribution in [0.4, 0.5) is 0 Å². The van der Waals surface area contributed by atoms with E-state index in [1.807, 2.05) is 31.2 Å². The molecule has 1 aromatic carbocycles. The van der Waals surface area contributed by atoms with E-state index >= 15 is 0 Å². The zero-order valence-corrected chi connectivity index (χ0v) is 13.2. The molecule has 1 unspecified atom stereocenters. The predicted octanol–water partition coefficient (Wildman–Crippen LogP) is 2.41. The summed E-state index contributed by atoms with van der Waals surface area (Å²) in [6.07, 6.45) is 0.615. The average Bonchev–Trinajstić information content (AvgIpc) is 2.40. The Bertz CT molecular complexity index is 418. The van der Waals surface area contributed by atoms with Crippen LogP contribution in [0.5, 0.6) is 5.75 Å². The van der Waals surface area contributed by atoms with Gasteiger partial charge in [-0.3, -0.25) is 4.79 Å². The van der Waals surface area contributed by atoms with E-state index in [0.29, 0.717) is 19.6 Å². The Morgan fingerprint density at radius 1 is 1.42 bits per heavy atom. The molecular weight excluding hydrogens is 308 g/mol. The first-order valence-corrected chi connectivity index (χ1v) is 7.09. The Morgan fingerprint density at radius 2 is 2.00 bits per heavy atom. The van der Waals surface area contributed by atoms with Gasteiger partial charge in [-0.1, -0.05) is 22.9 Å². The molecule has 0 aliphatic rings. The average molecular weight is 329 g/mol. The van der Waals surface area contributed by atoms with E-state index in [1.54, 1.807) is 18.9 Å². The maximum Gasteiger partial charge on any atom is 0.242 e. The lowest BCUT2D eigenvalue weighted by atomic mass is 9.99. The third kappa shape index (κ3) is 4.84. The Labute approximate surface area is 123 Å². The lowest BCUT2D eigenvalue weighted by Gasteiger charge is -2.28. The van der Waals surface area contributed by atoms with E-state index in [-0.39, 0.29) is 5.91 Å². The molecule has 1 rings (SSSR count). The number of carbonyl (C=O) groups excluding carboxylic acids is 1. The molecule has 2 N–H and O–H groups in total. The van der Waals surface area contributed by atoms with Gasteiger partial charge in [0.1, 0.15) is 12.4 Å². The van der Waals surface area contributed by atoms with Crippen LogP contribution < -0.4 is 10.5 Å². The quantitative estimate of drug-likeness (QED) is 0.872. The second-order valence-corrected chi connectivity index (χ2v) is 5.72. The molecule has 1 amide bonds. The van der Waals surface area contributed by atoms with Crippen LogP contribution in [0.1, 0.15) is 20.3 Å². The summed E-state index contributed by atoms with van der Waals surface area (Å²) in [5.41, 5.74) is 5.12. The van der Waals surface area contributed by atoms with Crippen molar-refractivity contribution in [2.24, 2.45) is 5.73 Å². The van der Waals surface area contributed by atoms with Gasteiger partial charge in [0.05, 0.1) is 12.1 Å². The van der Waals surface area contributed by atoms with Crippen LogP contribution in [-0.2, 0) is 4.79 Å². The zero-order chi connectivity index (χ0) is 14.5. The number of halogens is 1. The normalized spacial score (nSPS) is 13.7. The number of ether oxygens (including phenoxy) is 1. The monoisotopic (exact) mass is 328 g/mol. The maximum atomic E-state index is 12.0. The van der Waals surface area contributed by atoms with Crippen LogP contribution in [0.15, 0.2) is 28.7 Å². The van der Waals surface area contributed by atoms with Gasteiger partial charge in [-0.15, -0.1) is 0 Å². The molecule has 4 nitrogen and oxygen atoms in total. The van der Waals surface area contributed by atoms with Crippen molar-refractivity contribution in [2.75, 3.05) is 20.2 Å². The maximum absolute atomic E-state index is 12.0. The molecule has 0 spiro atoms.